The lowest BCUT2D eigenvalue weighted by atomic mass is 9.50. The van der Waals surface area contributed by atoms with Gasteiger partial charge in [0.25, 0.3) is 0 Å². The van der Waals surface area contributed by atoms with Gasteiger partial charge in [-0.1, -0.05) is 76.7 Å². The van der Waals surface area contributed by atoms with Crippen molar-refractivity contribution in [1.82, 2.24) is 0 Å². The van der Waals surface area contributed by atoms with E-state index in [4.69, 9.17) is 4.74 Å². The zero-order valence-electron chi connectivity index (χ0n) is 20.1. The summed E-state index contributed by atoms with van der Waals surface area (Å²) in [4.78, 5) is 11.5. The molecule has 3 fully saturated rings. The maximum absolute atomic E-state index is 11.5. The van der Waals surface area contributed by atoms with Gasteiger partial charge >= 0.3 is 5.97 Å². The Labute approximate surface area is 184 Å². The van der Waals surface area contributed by atoms with Crippen molar-refractivity contribution < 1.29 is 9.53 Å². The van der Waals surface area contributed by atoms with Gasteiger partial charge in [0.1, 0.15) is 6.10 Å². The smallest absolute Gasteiger partial charge is 0.302 e. The minimum Gasteiger partial charge on any atom is -0.462 e. The van der Waals surface area contributed by atoms with Crippen LogP contribution in [0.2, 0.25) is 0 Å². The fraction of sp³-hybridized carbons (Fsp3) is 0.821. The van der Waals surface area contributed by atoms with E-state index in [2.05, 4.69) is 39.8 Å². The zero-order valence-corrected chi connectivity index (χ0v) is 20.1. The van der Waals surface area contributed by atoms with Crippen LogP contribution >= 0.6 is 0 Å². The second-order valence-electron chi connectivity index (χ2n) is 11.6. The van der Waals surface area contributed by atoms with Crippen LogP contribution in [0.15, 0.2) is 23.3 Å². The largest absolute Gasteiger partial charge is 0.462 e. The van der Waals surface area contributed by atoms with Crippen molar-refractivity contribution in [1.29, 1.82) is 0 Å². The lowest BCUT2D eigenvalue weighted by Crippen LogP contribution is -2.46. The highest BCUT2D eigenvalue weighted by Crippen LogP contribution is 2.66. The maximum atomic E-state index is 11.5. The number of carbonyl (C=O) groups excluding carboxylic acids is 1. The van der Waals surface area contributed by atoms with Gasteiger partial charge in [-0.15, -0.1) is 0 Å². The van der Waals surface area contributed by atoms with E-state index in [1.54, 1.807) is 18.1 Å². The lowest BCUT2D eigenvalue weighted by Gasteiger charge is -2.55. The highest BCUT2D eigenvalue weighted by atomic mass is 16.5. The molecule has 0 spiro atoms. The molecule has 168 valence electrons. The molecule has 2 heteroatoms. The number of esters is 1. The van der Waals surface area contributed by atoms with E-state index in [1.165, 1.54) is 57.8 Å². The number of rotatable bonds is 6. The van der Waals surface area contributed by atoms with Crippen LogP contribution in [0.1, 0.15) is 105 Å². The Morgan fingerprint density at radius 1 is 1.10 bits per heavy atom. The van der Waals surface area contributed by atoms with Crippen LogP contribution in [0.3, 0.4) is 0 Å². The van der Waals surface area contributed by atoms with Gasteiger partial charge < -0.3 is 4.74 Å². The molecule has 4 rings (SSSR count). The first-order chi connectivity index (χ1) is 14.3. The van der Waals surface area contributed by atoms with Crippen molar-refractivity contribution in [3.63, 3.8) is 0 Å². The topological polar surface area (TPSA) is 26.3 Å². The summed E-state index contributed by atoms with van der Waals surface area (Å²) in [6.07, 6.45) is 19.3. The van der Waals surface area contributed by atoms with Crippen molar-refractivity contribution in [2.75, 3.05) is 0 Å². The Bertz CT molecular complexity index is 718. The van der Waals surface area contributed by atoms with Gasteiger partial charge in [0.15, 0.2) is 0 Å². The van der Waals surface area contributed by atoms with Gasteiger partial charge in [0.05, 0.1) is 0 Å². The van der Waals surface area contributed by atoms with Gasteiger partial charge in [-0.05, 0) is 73.0 Å². The molecule has 0 heterocycles. The van der Waals surface area contributed by atoms with E-state index in [1.807, 2.05) is 0 Å². The molecule has 0 aromatic carbocycles. The molecule has 0 aromatic rings. The average Bonchev–Trinajstić information content (AvgIpc) is 3.05. The Morgan fingerprint density at radius 3 is 2.63 bits per heavy atom. The molecule has 3 saturated carbocycles. The Hall–Kier alpha value is -1.05. The molecule has 4 aliphatic carbocycles. The van der Waals surface area contributed by atoms with E-state index >= 15 is 0 Å². The summed E-state index contributed by atoms with van der Waals surface area (Å²) in [5, 5.41) is 0. The van der Waals surface area contributed by atoms with E-state index in [0.29, 0.717) is 11.3 Å². The average molecular weight is 413 g/mol. The lowest BCUT2D eigenvalue weighted by molar-refractivity contribution is -0.148. The summed E-state index contributed by atoms with van der Waals surface area (Å²) < 4.78 is 5.59. The van der Waals surface area contributed by atoms with E-state index in [-0.39, 0.29) is 17.5 Å². The van der Waals surface area contributed by atoms with Crippen LogP contribution in [0.5, 0.6) is 0 Å². The van der Waals surface area contributed by atoms with E-state index in [9.17, 15) is 4.79 Å². The standard InChI is InChI=1S/C28H44O2/c1-6-7-8-9-19(2)24-12-13-25-23-11-10-21-18-22(30-20(3)29)14-16-27(21,4)26(23)15-17-28(24,25)5/h10-11,19,22,24-26H,6-9,12-18H2,1-5H3. The van der Waals surface area contributed by atoms with Gasteiger partial charge in [0, 0.05) is 13.3 Å². The van der Waals surface area contributed by atoms with E-state index < -0.39 is 0 Å². The fourth-order valence-corrected chi connectivity index (χ4v) is 8.20. The summed E-state index contributed by atoms with van der Waals surface area (Å²) in [7, 11) is 0. The van der Waals surface area contributed by atoms with Crippen molar-refractivity contribution in [3.8, 4) is 0 Å². The predicted octanol–water partition coefficient (Wildman–Crippen LogP) is 7.63. The second-order valence-corrected chi connectivity index (χ2v) is 11.6. The maximum Gasteiger partial charge on any atom is 0.302 e. The normalized spacial score (nSPS) is 41.1. The molecule has 0 aliphatic heterocycles. The molecular formula is C28H44O2. The van der Waals surface area contributed by atoms with Gasteiger partial charge in [0.2, 0.25) is 0 Å². The van der Waals surface area contributed by atoms with Crippen LogP contribution < -0.4 is 0 Å². The molecule has 7 atom stereocenters. The zero-order chi connectivity index (χ0) is 21.5. The van der Waals surface area contributed by atoms with Crippen LogP contribution in [0.25, 0.3) is 0 Å². The SMILES string of the molecule is CCCCCC(C)C1CCC2C3=CC=C4CC(OC(C)=O)CCC4(C)C3CCC21C. The van der Waals surface area contributed by atoms with Gasteiger partial charge in [-0.3, -0.25) is 4.79 Å². The minimum atomic E-state index is -0.130. The summed E-state index contributed by atoms with van der Waals surface area (Å²) in [5.41, 5.74) is 4.11. The number of ether oxygens (including phenoxy) is 1. The summed E-state index contributed by atoms with van der Waals surface area (Å²) in [5.74, 6) is 3.14. The molecule has 30 heavy (non-hydrogen) atoms. The van der Waals surface area contributed by atoms with Crippen LogP contribution in [0.4, 0.5) is 0 Å². The highest BCUT2D eigenvalue weighted by Gasteiger charge is 2.57. The van der Waals surface area contributed by atoms with Crippen molar-refractivity contribution in [2.45, 2.75) is 111 Å². The van der Waals surface area contributed by atoms with Crippen molar-refractivity contribution >= 4 is 5.97 Å². The fourth-order valence-electron chi connectivity index (χ4n) is 8.20. The van der Waals surface area contributed by atoms with Crippen molar-refractivity contribution in [3.05, 3.63) is 23.3 Å². The number of hydrogen-bond acceptors (Lipinski definition) is 2. The van der Waals surface area contributed by atoms with Crippen LogP contribution in [-0.2, 0) is 9.53 Å². The minimum absolute atomic E-state index is 0.0884. The Kier molecular flexibility index (Phi) is 6.26. The highest BCUT2D eigenvalue weighted by molar-refractivity contribution is 5.66. The molecule has 0 radical (unpaired) electrons. The van der Waals surface area contributed by atoms with Crippen LogP contribution in [0, 0.1) is 34.5 Å². The number of unbranched alkanes of at least 4 members (excludes halogenated alkanes) is 2. The molecular weight excluding hydrogens is 368 g/mol. The van der Waals surface area contributed by atoms with Crippen molar-refractivity contribution in [2.24, 2.45) is 34.5 Å². The number of carbonyl (C=O) groups is 1. The van der Waals surface area contributed by atoms with Crippen LogP contribution in [-0.4, -0.2) is 12.1 Å². The molecule has 0 N–H and O–H groups in total. The number of fused-ring (bicyclic) bond motifs is 5. The summed E-state index contributed by atoms with van der Waals surface area (Å²) in [6, 6.07) is 0. The number of allylic oxidation sites excluding steroid dienone is 3. The molecule has 2 nitrogen and oxygen atoms in total. The first-order valence-electron chi connectivity index (χ1n) is 12.9. The first-order valence-corrected chi connectivity index (χ1v) is 12.9. The molecule has 0 amide bonds. The van der Waals surface area contributed by atoms with E-state index in [0.717, 1.165) is 30.6 Å². The second kappa shape index (κ2) is 8.47. The third-order valence-electron chi connectivity index (χ3n) is 9.88. The molecule has 7 unspecified atom stereocenters. The van der Waals surface area contributed by atoms with Gasteiger partial charge in [-0.2, -0.15) is 0 Å². The number of hydrogen-bond donors (Lipinski definition) is 0. The summed E-state index contributed by atoms with van der Waals surface area (Å²) in [6.45, 7) is 11.6. The first kappa shape index (κ1) is 22.2. The third kappa shape index (κ3) is 3.71. The Balaban J connectivity index is 1.53. The monoisotopic (exact) mass is 412 g/mol. The predicted molar refractivity (Wildman–Crippen MR) is 124 cm³/mol. The van der Waals surface area contributed by atoms with Gasteiger partial charge in [-0.25, -0.2) is 0 Å². The molecule has 0 aromatic heterocycles. The Morgan fingerprint density at radius 2 is 1.90 bits per heavy atom. The molecule has 4 aliphatic rings. The third-order valence-corrected chi connectivity index (χ3v) is 9.88. The molecule has 0 saturated heterocycles. The molecule has 0 bridgehead atoms. The quantitative estimate of drug-likeness (QED) is 0.331. The summed E-state index contributed by atoms with van der Waals surface area (Å²) >= 11 is 0.